The van der Waals surface area contributed by atoms with E-state index in [0.29, 0.717) is 23.4 Å². The van der Waals surface area contributed by atoms with Crippen molar-refractivity contribution in [3.8, 4) is 17.0 Å². The van der Waals surface area contributed by atoms with Crippen LogP contribution < -0.4 is 10.1 Å². The molecule has 2 aliphatic heterocycles. The van der Waals surface area contributed by atoms with E-state index in [-0.39, 0.29) is 17.8 Å². The predicted octanol–water partition coefficient (Wildman–Crippen LogP) is 4.56. The van der Waals surface area contributed by atoms with Crippen LogP contribution in [0.15, 0.2) is 72.4 Å². The van der Waals surface area contributed by atoms with Crippen molar-refractivity contribution in [1.29, 1.82) is 0 Å². The standard InChI is InChI=1S/C27H26FN3O2/c28-23-6-3-5-20(15-23)25-9-8-22(16-29-25)27(32)30-24-10-12-31(13-11-24)17-19-14-21-4-1-2-7-26(21)33-18-19/h1-9,14-16,24H,10-13,17-18H2,(H,30,32). The lowest BCUT2D eigenvalue weighted by Gasteiger charge is -2.33. The summed E-state index contributed by atoms with van der Waals surface area (Å²) in [6, 6.07) is 18.0. The third kappa shape index (κ3) is 5.12. The number of aromatic nitrogens is 1. The Hall–Kier alpha value is -3.51. The lowest BCUT2D eigenvalue weighted by Crippen LogP contribution is -2.45. The van der Waals surface area contributed by atoms with Crippen LogP contribution in [-0.2, 0) is 0 Å². The number of hydrogen-bond donors (Lipinski definition) is 1. The quantitative estimate of drug-likeness (QED) is 0.628. The van der Waals surface area contributed by atoms with Crippen molar-refractivity contribution < 1.29 is 13.9 Å². The van der Waals surface area contributed by atoms with Gasteiger partial charge in [-0.25, -0.2) is 4.39 Å². The van der Waals surface area contributed by atoms with Gasteiger partial charge in [-0.05, 0) is 54.8 Å². The van der Waals surface area contributed by atoms with Gasteiger partial charge in [-0.3, -0.25) is 14.7 Å². The van der Waals surface area contributed by atoms with E-state index in [1.54, 1.807) is 30.5 Å². The summed E-state index contributed by atoms with van der Waals surface area (Å²) in [7, 11) is 0. The lowest BCUT2D eigenvalue weighted by molar-refractivity contribution is 0.0912. The molecule has 0 atom stereocenters. The number of fused-ring (bicyclic) bond motifs is 1. The molecule has 0 spiro atoms. The molecule has 0 aliphatic carbocycles. The van der Waals surface area contributed by atoms with E-state index in [0.717, 1.165) is 43.8 Å². The van der Waals surface area contributed by atoms with E-state index < -0.39 is 0 Å². The fourth-order valence-corrected chi connectivity index (χ4v) is 4.39. The van der Waals surface area contributed by atoms with Gasteiger partial charge < -0.3 is 10.1 Å². The highest BCUT2D eigenvalue weighted by molar-refractivity contribution is 5.94. The van der Waals surface area contributed by atoms with Gasteiger partial charge in [-0.2, -0.15) is 0 Å². The maximum atomic E-state index is 13.4. The van der Waals surface area contributed by atoms with Crippen LogP contribution in [0.1, 0.15) is 28.8 Å². The van der Waals surface area contributed by atoms with Crippen LogP contribution in [0, 0.1) is 5.82 Å². The summed E-state index contributed by atoms with van der Waals surface area (Å²) in [4.78, 5) is 19.4. The number of amides is 1. The van der Waals surface area contributed by atoms with Gasteiger partial charge >= 0.3 is 0 Å². The van der Waals surface area contributed by atoms with Gasteiger partial charge in [0.1, 0.15) is 18.2 Å². The molecule has 33 heavy (non-hydrogen) atoms. The van der Waals surface area contributed by atoms with Gasteiger partial charge in [0.15, 0.2) is 0 Å². The molecule has 0 unspecified atom stereocenters. The zero-order chi connectivity index (χ0) is 22.6. The fourth-order valence-electron chi connectivity index (χ4n) is 4.39. The molecule has 1 saturated heterocycles. The monoisotopic (exact) mass is 443 g/mol. The zero-order valence-electron chi connectivity index (χ0n) is 18.3. The number of pyridine rings is 1. The number of rotatable bonds is 5. The van der Waals surface area contributed by atoms with E-state index in [1.807, 2.05) is 18.2 Å². The molecule has 5 rings (SSSR count). The smallest absolute Gasteiger partial charge is 0.253 e. The predicted molar refractivity (Wildman–Crippen MR) is 126 cm³/mol. The molecular weight excluding hydrogens is 417 g/mol. The van der Waals surface area contributed by atoms with Crippen molar-refractivity contribution in [3.05, 3.63) is 89.4 Å². The van der Waals surface area contributed by atoms with Gasteiger partial charge in [0.2, 0.25) is 0 Å². The average Bonchev–Trinajstić information content (AvgIpc) is 2.85. The van der Waals surface area contributed by atoms with Gasteiger partial charge in [0.05, 0.1) is 11.3 Å². The second kappa shape index (κ2) is 9.55. The van der Waals surface area contributed by atoms with Crippen molar-refractivity contribution in [2.45, 2.75) is 18.9 Å². The van der Waals surface area contributed by atoms with Crippen LogP contribution in [0.4, 0.5) is 4.39 Å². The lowest BCUT2D eigenvalue weighted by atomic mass is 10.0. The average molecular weight is 444 g/mol. The van der Waals surface area contributed by atoms with Gasteiger partial charge in [-0.15, -0.1) is 0 Å². The van der Waals surface area contributed by atoms with Gasteiger partial charge in [-0.1, -0.05) is 30.3 Å². The Balaban J connectivity index is 1.12. The highest BCUT2D eigenvalue weighted by atomic mass is 19.1. The van der Waals surface area contributed by atoms with Crippen molar-refractivity contribution in [2.24, 2.45) is 0 Å². The Kier molecular flexibility index (Phi) is 6.17. The van der Waals surface area contributed by atoms with E-state index in [1.165, 1.54) is 17.7 Å². The van der Waals surface area contributed by atoms with E-state index in [9.17, 15) is 9.18 Å². The number of piperidine rings is 1. The summed E-state index contributed by atoms with van der Waals surface area (Å²) in [5, 5.41) is 3.14. The maximum absolute atomic E-state index is 13.4. The second-order valence-corrected chi connectivity index (χ2v) is 8.60. The van der Waals surface area contributed by atoms with Crippen LogP contribution >= 0.6 is 0 Å². The number of carbonyl (C=O) groups is 1. The van der Waals surface area contributed by atoms with E-state index in [2.05, 4.69) is 27.3 Å². The first-order valence-corrected chi connectivity index (χ1v) is 11.3. The second-order valence-electron chi connectivity index (χ2n) is 8.60. The summed E-state index contributed by atoms with van der Waals surface area (Å²) in [5.74, 6) is 0.521. The summed E-state index contributed by atoms with van der Waals surface area (Å²) in [6.07, 6.45) is 5.60. The normalized spacial score (nSPS) is 16.5. The van der Waals surface area contributed by atoms with E-state index in [4.69, 9.17) is 4.74 Å². The van der Waals surface area contributed by atoms with Gasteiger partial charge in [0, 0.05) is 43.0 Å². The van der Waals surface area contributed by atoms with Crippen LogP contribution in [0.2, 0.25) is 0 Å². The molecule has 1 aromatic heterocycles. The molecule has 0 radical (unpaired) electrons. The number of benzene rings is 2. The van der Waals surface area contributed by atoms with Crippen molar-refractivity contribution >= 4 is 12.0 Å². The molecule has 2 aromatic carbocycles. The Bertz CT molecular complexity index is 1170. The van der Waals surface area contributed by atoms with E-state index >= 15 is 0 Å². The number of halogens is 1. The first-order chi connectivity index (χ1) is 16.1. The molecule has 168 valence electrons. The molecule has 3 aromatic rings. The summed E-state index contributed by atoms with van der Waals surface area (Å²) in [5.41, 5.74) is 4.26. The number of nitrogens with one attached hydrogen (secondary N) is 1. The van der Waals surface area contributed by atoms with Crippen molar-refractivity contribution in [2.75, 3.05) is 26.2 Å². The molecule has 6 heteroatoms. The highest BCUT2D eigenvalue weighted by Crippen LogP contribution is 2.26. The topological polar surface area (TPSA) is 54.5 Å². The molecule has 1 N–H and O–H groups in total. The Morgan fingerprint density at radius 3 is 2.73 bits per heavy atom. The molecule has 0 bridgehead atoms. The van der Waals surface area contributed by atoms with Crippen LogP contribution in [-0.4, -0.2) is 48.1 Å². The molecule has 5 nitrogen and oxygen atoms in total. The van der Waals surface area contributed by atoms with Gasteiger partial charge in [0.25, 0.3) is 5.91 Å². The first kappa shape index (κ1) is 21.3. The summed E-state index contributed by atoms with van der Waals surface area (Å²) < 4.78 is 19.3. The number of hydrogen-bond acceptors (Lipinski definition) is 4. The van der Waals surface area contributed by atoms with Crippen LogP contribution in [0.25, 0.3) is 17.3 Å². The molecule has 3 heterocycles. The fraction of sp³-hybridized carbons (Fsp3) is 0.259. The number of likely N-dealkylation sites (tertiary alicyclic amines) is 1. The van der Waals surface area contributed by atoms with Crippen molar-refractivity contribution in [3.63, 3.8) is 0 Å². The zero-order valence-corrected chi connectivity index (χ0v) is 18.3. The number of nitrogens with zero attached hydrogens (tertiary/aromatic N) is 2. The van der Waals surface area contributed by atoms with Crippen LogP contribution in [0.3, 0.4) is 0 Å². The Morgan fingerprint density at radius 2 is 1.94 bits per heavy atom. The Morgan fingerprint density at radius 1 is 1.09 bits per heavy atom. The minimum absolute atomic E-state index is 0.119. The summed E-state index contributed by atoms with van der Waals surface area (Å²) in [6.45, 7) is 3.38. The molecule has 0 saturated carbocycles. The molecule has 1 fully saturated rings. The maximum Gasteiger partial charge on any atom is 0.253 e. The number of carbonyl (C=O) groups excluding carboxylic acids is 1. The third-order valence-corrected chi connectivity index (χ3v) is 6.19. The summed E-state index contributed by atoms with van der Waals surface area (Å²) >= 11 is 0. The molecule has 1 amide bonds. The SMILES string of the molecule is O=C(NC1CCN(CC2=Cc3ccccc3OC2)CC1)c1ccc(-c2cccc(F)c2)nc1. The first-order valence-electron chi connectivity index (χ1n) is 11.3. The van der Waals surface area contributed by atoms with Crippen LogP contribution in [0.5, 0.6) is 5.75 Å². The number of para-hydroxylation sites is 1. The number of ether oxygens (including phenoxy) is 1. The Labute approximate surface area is 192 Å². The molecular formula is C27H26FN3O2. The minimum Gasteiger partial charge on any atom is -0.489 e. The third-order valence-electron chi connectivity index (χ3n) is 6.19. The largest absolute Gasteiger partial charge is 0.489 e. The molecule has 2 aliphatic rings. The highest BCUT2D eigenvalue weighted by Gasteiger charge is 2.23. The minimum atomic E-state index is -0.306. The van der Waals surface area contributed by atoms with Crippen molar-refractivity contribution in [1.82, 2.24) is 15.2 Å².